The lowest BCUT2D eigenvalue weighted by molar-refractivity contribution is 0.705. The molecule has 0 bridgehead atoms. The maximum absolute atomic E-state index is 2.35. The van der Waals surface area contributed by atoms with Gasteiger partial charge in [0.25, 0.3) is 0 Å². The zero-order chi connectivity index (χ0) is 11.7. The minimum atomic E-state index is 0.646. The molecule has 86 valence electrons. The van der Waals surface area contributed by atoms with E-state index in [1.54, 1.807) is 5.57 Å². The van der Waals surface area contributed by atoms with Gasteiger partial charge in [0, 0.05) is 5.92 Å². The summed E-state index contributed by atoms with van der Waals surface area (Å²) in [6.07, 6.45) is 12.7. The van der Waals surface area contributed by atoms with Gasteiger partial charge < -0.3 is 0 Å². The first-order chi connectivity index (χ1) is 8.34. The quantitative estimate of drug-likeness (QED) is 0.685. The lowest BCUT2D eigenvalue weighted by Gasteiger charge is -2.14. The van der Waals surface area contributed by atoms with Crippen LogP contribution in [0.4, 0.5) is 0 Å². The van der Waals surface area contributed by atoms with Gasteiger partial charge in [-0.25, -0.2) is 0 Å². The summed E-state index contributed by atoms with van der Waals surface area (Å²) in [7, 11) is 0. The number of hydrogen-bond donors (Lipinski definition) is 0. The number of fused-ring (bicyclic) bond motifs is 1. The summed E-state index contributed by atoms with van der Waals surface area (Å²) in [4.78, 5) is 0. The Labute approximate surface area is 103 Å². The largest absolute Gasteiger partial charge is 0.0805 e. The molecule has 1 aromatic carbocycles. The molecule has 0 heterocycles. The molecule has 0 radical (unpaired) electrons. The van der Waals surface area contributed by atoms with E-state index in [0.717, 1.165) is 6.42 Å². The second-order valence-corrected chi connectivity index (χ2v) is 5.07. The smallest absolute Gasteiger partial charge is 0.00577 e. The summed E-state index contributed by atoms with van der Waals surface area (Å²) in [5.74, 6) is 0.646. The fraction of sp³-hybridized carbons (Fsp3) is 0.294. The molecule has 1 aromatic rings. The summed E-state index contributed by atoms with van der Waals surface area (Å²) < 4.78 is 0. The van der Waals surface area contributed by atoms with Gasteiger partial charge in [-0.2, -0.15) is 0 Å². The minimum Gasteiger partial charge on any atom is -0.0805 e. The van der Waals surface area contributed by atoms with Crippen molar-refractivity contribution in [3.05, 3.63) is 64.8 Å². The van der Waals surface area contributed by atoms with Crippen LogP contribution in [0.1, 0.15) is 43.2 Å². The molecule has 0 heteroatoms. The van der Waals surface area contributed by atoms with Crippen molar-refractivity contribution in [3.8, 4) is 0 Å². The number of benzene rings is 1. The third-order valence-electron chi connectivity index (χ3n) is 3.91. The van der Waals surface area contributed by atoms with E-state index >= 15 is 0 Å². The molecule has 0 N–H and O–H groups in total. The molecule has 0 aliphatic heterocycles. The Morgan fingerprint density at radius 2 is 2.12 bits per heavy atom. The first-order valence-corrected chi connectivity index (χ1v) is 6.46. The van der Waals surface area contributed by atoms with E-state index in [2.05, 4.69) is 55.5 Å². The molecule has 0 aromatic heterocycles. The molecule has 0 amide bonds. The molecule has 1 unspecified atom stereocenters. The Bertz CT molecular complexity index is 515. The van der Waals surface area contributed by atoms with Gasteiger partial charge >= 0.3 is 0 Å². The van der Waals surface area contributed by atoms with Crippen LogP contribution in [0.5, 0.6) is 0 Å². The number of hydrogen-bond acceptors (Lipinski definition) is 0. The van der Waals surface area contributed by atoms with E-state index in [0.29, 0.717) is 5.92 Å². The number of allylic oxidation sites excluding steroid dienone is 5. The molecule has 17 heavy (non-hydrogen) atoms. The molecule has 0 nitrogen and oxygen atoms in total. The van der Waals surface area contributed by atoms with Crippen molar-refractivity contribution in [2.24, 2.45) is 0 Å². The van der Waals surface area contributed by atoms with Crippen LogP contribution < -0.4 is 0 Å². The van der Waals surface area contributed by atoms with Gasteiger partial charge in [0.05, 0.1) is 0 Å². The van der Waals surface area contributed by atoms with E-state index in [-0.39, 0.29) is 0 Å². The summed E-state index contributed by atoms with van der Waals surface area (Å²) >= 11 is 0. The second kappa shape index (κ2) is 4.37. The second-order valence-electron chi connectivity index (χ2n) is 5.07. The normalized spacial score (nSPS) is 21.4. The highest BCUT2D eigenvalue weighted by Crippen LogP contribution is 2.39. The fourth-order valence-corrected chi connectivity index (χ4v) is 2.94. The van der Waals surface area contributed by atoms with Gasteiger partial charge in [0.2, 0.25) is 0 Å². The molecule has 2 aliphatic rings. The highest BCUT2D eigenvalue weighted by molar-refractivity contribution is 5.65. The Morgan fingerprint density at radius 3 is 2.94 bits per heavy atom. The highest BCUT2D eigenvalue weighted by Gasteiger charge is 2.21. The van der Waals surface area contributed by atoms with Crippen molar-refractivity contribution in [1.82, 2.24) is 0 Å². The Balaban J connectivity index is 1.73. The van der Waals surface area contributed by atoms with Crippen LogP contribution in [0.2, 0.25) is 0 Å². The molecule has 2 aliphatic carbocycles. The van der Waals surface area contributed by atoms with Gasteiger partial charge in [0.15, 0.2) is 0 Å². The van der Waals surface area contributed by atoms with E-state index in [4.69, 9.17) is 0 Å². The van der Waals surface area contributed by atoms with Crippen molar-refractivity contribution in [3.63, 3.8) is 0 Å². The van der Waals surface area contributed by atoms with Crippen LogP contribution in [0.3, 0.4) is 0 Å². The molecular weight excluding hydrogens is 204 g/mol. The van der Waals surface area contributed by atoms with Gasteiger partial charge in [-0.15, -0.1) is 0 Å². The highest BCUT2D eigenvalue weighted by atomic mass is 14.3. The average Bonchev–Trinajstić information content (AvgIpc) is 2.93. The van der Waals surface area contributed by atoms with Gasteiger partial charge in [0.1, 0.15) is 0 Å². The zero-order valence-corrected chi connectivity index (χ0v) is 10.3. The fourth-order valence-electron chi connectivity index (χ4n) is 2.94. The first kappa shape index (κ1) is 10.6. The van der Waals surface area contributed by atoms with Crippen molar-refractivity contribution < 1.29 is 0 Å². The number of rotatable bonds is 3. The average molecular weight is 222 g/mol. The van der Waals surface area contributed by atoms with E-state index < -0.39 is 0 Å². The zero-order valence-electron chi connectivity index (χ0n) is 10.3. The van der Waals surface area contributed by atoms with Crippen LogP contribution in [0, 0.1) is 0 Å². The van der Waals surface area contributed by atoms with Crippen LogP contribution in [-0.2, 0) is 0 Å². The van der Waals surface area contributed by atoms with Crippen molar-refractivity contribution >= 4 is 6.08 Å². The summed E-state index contributed by atoms with van der Waals surface area (Å²) in [5, 5.41) is 0. The summed E-state index contributed by atoms with van der Waals surface area (Å²) in [5.41, 5.74) is 6.06. The van der Waals surface area contributed by atoms with E-state index in [9.17, 15) is 0 Å². The molecule has 0 saturated heterocycles. The first-order valence-electron chi connectivity index (χ1n) is 6.46. The molecule has 1 atom stereocenters. The Kier molecular flexibility index (Phi) is 2.72. The Hall–Kier alpha value is -1.56. The lowest BCUT2D eigenvalue weighted by atomic mass is 9.90. The SMILES string of the molecule is CC1=Cc2ccccc2C1CCC1=CC=CC1. The lowest BCUT2D eigenvalue weighted by Crippen LogP contribution is -1.97. The third kappa shape index (κ3) is 2.00. The molecule has 0 spiro atoms. The standard InChI is InChI=1S/C17H18/c1-13-12-15-8-4-5-9-17(15)16(13)11-10-14-6-2-3-7-14/h2-6,8-9,12,16H,7,10-11H2,1H3. The molecule has 0 fully saturated rings. The predicted octanol–water partition coefficient (Wildman–Crippen LogP) is 4.85. The van der Waals surface area contributed by atoms with Crippen molar-refractivity contribution in [2.75, 3.05) is 0 Å². The van der Waals surface area contributed by atoms with Crippen LogP contribution in [0.25, 0.3) is 6.08 Å². The van der Waals surface area contributed by atoms with E-state index in [1.165, 1.54) is 29.5 Å². The third-order valence-corrected chi connectivity index (χ3v) is 3.91. The Morgan fingerprint density at radius 1 is 1.24 bits per heavy atom. The van der Waals surface area contributed by atoms with Gasteiger partial charge in [-0.3, -0.25) is 0 Å². The summed E-state index contributed by atoms with van der Waals surface area (Å²) in [6, 6.07) is 8.81. The summed E-state index contributed by atoms with van der Waals surface area (Å²) in [6.45, 7) is 2.27. The minimum absolute atomic E-state index is 0.646. The van der Waals surface area contributed by atoms with Crippen molar-refractivity contribution in [2.45, 2.75) is 32.1 Å². The maximum atomic E-state index is 2.35. The van der Waals surface area contributed by atoms with Crippen LogP contribution >= 0.6 is 0 Å². The van der Waals surface area contributed by atoms with Crippen LogP contribution in [-0.4, -0.2) is 0 Å². The molecule has 3 rings (SSSR count). The topological polar surface area (TPSA) is 0 Å². The van der Waals surface area contributed by atoms with E-state index in [1.807, 2.05) is 0 Å². The van der Waals surface area contributed by atoms with Crippen molar-refractivity contribution in [1.29, 1.82) is 0 Å². The van der Waals surface area contributed by atoms with Gasteiger partial charge in [-0.05, 0) is 37.3 Å². The monoisotopic (exact) mass is 222 g/mol. The predicted molar refractivity (Wildman–Crippen MR) is 73.9 cm³/mol. The molecular formula is C17H18. The molecule has 0 saturated carbocycles. The van der Waals surface area contributed by atoms with Gasteiger partial charge in [-0.1, -0.05) is 59.7 Å². The van der Waals surface area contributed by atoms with Crippen LogP contribution in [0.15, 0.2) is 53.6 Å². The maximum Gasteiger partial charge on any atom is 0.00577 e.